The largest absolute Gasteiger partial charge is 0.508 e. The summed E-state index contributed by atoms with van der Waals surface area (Å²) in [5.74, 6) is 2.80. The van der Waals surface area contributed by atoms with E-state index in [0.29, 0.717) is 19.2 Å². The van der Waals surface area contributed by atoms with Crippen molar-refractivity contribution in [1.82, 2.24) is 19.9 Å². The number of aromatic nitrogens is 3. The van der Waals surface area contributed by atoms with E-state index in [9.17, 15) is 5.11 Å². The molecule has 0 spiro atoms. The molecule has 3 aromatic rings. The first-order chi connectivity index (χ1) is 17.0. The summed E-state index contributed by atoms with van der Waals surface area (Å²) < 4.78 is 5.55. The zero-order chi connectivity index (χ0) is 24.4. The maximum atomic E-state index is 10.1. The van der Waals surface area contributed by atoms with E-state index in [0.717, 1.165) is 73.3 Å². The van der Waals surface area contributed by atoms with Gasteiger partial charge in [-0.2, -0.15) is 4.98 Å². The summed E-state index contributed by atoms with van der Waals surface area (Å²) in [7, 11) is 6.23. The van der Waals surface area contributed by atoms with E-state index >= 15 is 0 Å². The molecule has 9 nitrogen and oxygen atoms in total. The predicted octanol–water partition coefficient (Wildman–Crippen LogP) is 2.77. The summed E-state index contributed by atoms with van der Waals surface area (Å²) in [5, 5.41) is 10.1. The van der Waals surface area contributed by atoms with E-state index in [1.807, 2.05) is 24.4 Å². The lowest BCUT2D eigenvalue weighted by Crippen LogP contribution is -2.37. The fraction of sp³-hybridized carbons (Fsp3) is 0.423. The van der Waals surface area contributed by atoms with Crippen LogP contribution in [0.15, 0.2) is 42.6 Å². The van der Waals surface area contributed by atoms with E-state index < -0.39 is 0 Å². The van der Waals surface area contributed by atoms with Crippen molar-refractivity contribution in [2.45, 2.75) is 6.42 Å². The van der Waals surface area contributed by atoms with Crippen molar-refractivity contribution in [3.05, 3.63) is 48.2 Å². The number of ether oxygens (including phenoxy) is 1. The van der Waals surface area contributed by atoms with Gasteiger partial charge < -0.3 is 29.4 Å². The van der Waals surface area contributed by atoms with E-state index in [-0.39, 0.29) is 5.75 Å². The average Bonchev–Trinajstić information content (AvgIpc) is 3.31. The lowest BCUT2D eigenvalue weighted by Gasteiger charge is -2.28. The van der Waals surface area contributed by atoms with Gasteiger partial charge in [-0.3, -0.25) is 0 Å². The Morgan fingerprint density at radius 1 is 1.00 bits per heavy atom. The Labute approximate surface area is 206 Å². The first-order valence-corrected chi connectivity index (χ1v) is 12.1. The van der Waals surface area contributed by atoms with Crippen LogP contribution in [-0.4, -0.2) is 92.0 Å². The molecule has 1 N–H and O–H groups in total. The summed E-state index contributed by atoms with van der Waals surface area (Å²) in [6.45, 7) is 5.51. The molecule has 0 saturated carbocycles. The van der Waals surface area contributed by atoms with Crippen LogP contribution < -0.4 is 14.7 Å². The van der Waals surface area contributed by atoms with Gasteiger partial charge in [0.2, 0.25) is 5.95 Å². The highest BCUT2D eigenvalue weighted by Gasteiger charge is 2.29. The zero-order valence-electron chi connectivity index (χ0n) is 20.7. The number of rotatable bonds is 7. The molecule has 4 heterocycles. The molecule has 35 heavy (non-hydrogen) atoms. The predicted molar refractivity (Wildman–Crippen MR) is 139 cm³/mol. The number of hydrogen-bond acceptors (Lipinski definition) is 9. The number of anilines is 4. The summed E-state index contributed by atoms with van der Waals surface area (Å²) in [5.41, 5.74) is 3.96. The molecule has 0 unspecified atom stereocenters. The fourth-order valence-corrected chi connectivity index (χ4v) is 4.54. The number of aromatic hydroxyl groups is 1. The highest BCUT2D eigenvalue weighted by atomic mass is 16.5. The summed E-state index contributed by atoms with van der Waals surface area (Å²) in [6.07, 6.45) is 2.70. The number of benzene rings is 1. The normalized spacial score (nSPS) is 15.5. The van der Waals surface area contributed by atoms with Crippen LogP contribution in [-0.2, 0) is 11.2 Å². The van der Waals surface area contributed by atoms with Gasteiger partial charge in [0.1, 0.15) is 17.4 Å². The number of fused-ring (bicyclic) bond motifs is 1. The molecule has 0 amide bonds. The number of hydrogen-bond donors (Lipinski definition) is 1. The molecule has 1 fully saturated rings. The Balaban J connectivity index is 1.54. The summed E-state index contributed by atoms with van der Waals surface area (Å²) in [4.78, 5) is 23.4. The van der Waals surface area contributed by atoms with Crippen LogP contribution >= 0.6 is 0 Å². The molecule has 0 bridgehead atoms. The van der Waals surface area contributed by atoms with E-state index in [4.69, 9.17) is 14.7 Å². The topological polar surface area (TPSA) is 81.1 Å². The standard InChI is InChI=1S/C26H33N7O2/c1-30(2)11-12-31(3)23-18-20(7-9-27-23)33-10-8-22-24(19-5-4-6-21(34)17-19)28-26(29-25(22)33)32-13-15-35-16-14-32/h4-7,9,17-18,34H,8,10-16H2,1-3H3. The lowest BCUT2D eigenvalue weighted by molar-refractivity contribution is 0.122. The fourth-order valence-electron chi connectivity index (χ4n) is 4.54. The first kappa shape index (κ1) is 23.3. The van der Waals surface area contributed by atoms with Crippen molar-refractivity contribution in [3.63, 3.8) is 0 Å². The Bertz CT molecular complexity index is 1180. The maximum absolute atomic E-state index is 10.1. The Morgan fingerprint density at radius 2 is 1.83 bits per heavy atom. The van der Waals surface area contributed by atoms with Crippen LogP contribution in [0.4, 0.5) is 23.3 Å². The molecular weight excluding hydrogens is 442 g/mol. The van der Waals surface area contributed by atoms with Gasteiger partial charge >= 0.3 is 0 Å². The quantitative estimate of drug-likeness (QED) is 0.555. The molecule has 184 valence electrons. The molecule has 0 aliphatic carbocycles. The maximum Gasteiger partial charge on any atom is 0.228 e. The zero-order valence-corrected chi connectivity index (χ0v) is 20.7. The van der Waals surface area contributed by atoms with Crippen molar-refractivity contribution in [2.75, 3.05) is 81.8 Å². The van der Waals surface area contributed by atoms with Crippen molar-refractivity contribution in [1.29, 1.82) is 0 Å². The Hall–Kier alpha value is -3.43. The van der Waals surface area contributed by atoms with Crippen LogP contribution in [0, 0.1) is 0 Å². The minimum atomic E-state index is 0.233. The van der Waals surface area contributed by atoms with Crippen LogP contribution in [0.3, 0.4) is 0 Å². The van der Waals surface area contributed by atoms with Gasteiger partial charge in [-0.15, -0.1) is 0 Å². The highest BCUT2D eigenvalue weighted by Crippen LogP contribution is 2.40. The molecule has 2 aromatic heterocycles. The number of morpholine rings is 1. The molecular formula is C26H33N7O2. The second kappa shape index (κ2) is 10.1. The first-order valence-electron chi connectivity index (χ1n) is 12.1. The molecule has 0 radical (unpaired) electrons. The third-order valence-corrected chi connectivity index (χ3v) is 6.54. The van der Waals surface area contributed by atoms with Crippen LogP contribution in [0.1, 0.15) is 5.56 Å². The van der Waals surface area contributed by atoms with E-state index in [1.54, 1.807) is 12.1 Å². The minimum absolute atomic E-state index is 0.233. The van der Waals surface area contributed by atoms with Crippen LogP contribution in [0.25, 0.3) is 11.3 Å². The molecule has 1 aromatic carbocycles. The Kier molecular flexibility index (Phi) is 6.70. The van der Waals surface area contributed by atoms with Crippen molar-refractivity contribution >= 4 is 23.3 Å². The summed E-state index contributed by atoms with van der Waals surface area (Å²) >= 11 is 0. The minimum Gasteiger partial charge on any atom is -0.508 e. The average molecular weight is 476 g/mol. The van der Waals surface area contributed by atoms with E-state index in [1.165, 1.54) is 0 Å². The SMILES string of the molecule is CN(C)CCN(C)c1cc(N2CCc3c(-c4cccc(O)c4)nc(N4CCOCC4)nc32)ccn1. The molecule has 9 heteroatoms. The molecule has 0 atom stereocenters. The van der Waals surface area contributed by atoms with Crippen LogP contribution in [0.5, 0.6) is 5.75 Å². The number of likely N-dealkylation sites (N-methyl/N-ethyl adjacent to an activating group) is 2. The third-order valence-electron chi connectivity index (χ3n) is 6.54. The second-order valence-corrected chi connectivity index (χ2v) is 9.32. The van der Waals surface area contributed by atoms with E-state index in [2.05, 4.69) is 51.8 Å². The third kappa shape index (κ3) is 5.01. The molecule has 5 rings (SSSR count). The van der Waals surface area contributed by atoms with Gasteiger partial charge in [-0.25, -0.2) is 9.97 Å². The lowest BCUT2D eigenvalue weighted by atomic mass is 10.1. The van der Waals surface area contributed by atoms with Gasteiger partial charge in [0.15, 0.2) is 0 Å². The van der Waals surface area contributed by atoms with Gasteiger partial charge in [-0.05, 0) is 38.7 Å². The molecule has 2 aliphatic rings. The number of pyridine rings is 1. The number of phenolic OH excluding ortho intramolecular Hbond substituents is 1. The van der Waals surface area contributed by atoms with Crippen molar-refractivity contribution in [2.24, 2.45) is 0 Å². The second-order valence-electron chi connectivity index (χ2n) is 9.32. The van der Waals surface area contributed by atoms with Gasteiger partial charge in [-0.1, -0.05) is 12.1 Å². The van der Waals surface area contributed by atoms with Crippen molar-refractivity contribution in [3.8, 4) is 17.0 Å². The Morgan fingerprint density at radius 3 is 2.60 bits per heavy atom. The molecule has 2 aliphatic heterocycles. The molecule has 1 saturated heterocycles. The van der Waals surface area contributed by atoms with Gasteiger partial charge in [0.05, 0.1) is 18.9 Å². The number of phenols is 1. The smallest absolute Gasteiger partial charge is 0.228 e. The number of nitrogens with zero attached hydrogens (tertiary/aromatic N) is 7. The van der Waals surface area contributed by atoms with Crippen molar-refractivity contribution < 1.29 is 9.84 Å². The monoisotopic (exact) mass is 475 g/mol. The summed E-state index contributed by atoms with van der Waals surface area (Å²) in [6, 6.07) is 11.5. The van der Waals surface area contributed by atoms with Gasteiger partial charge in [0, 0.05) is 68.8 Å². The highest BCUT2D eigenvalue weighted by molar-refractivity contribution is 5.78. The van der Waals surface area contributed by atoms with Gasteiger partial charge in [0.25, 0.3) is 0 Å². The van der Waals surface area contributed by atoms with Crippen LogP contribution in [0.2, 0.25) is 0 Å².